The molecule has 1 aromatic carbocycles. The first-order chi connectivity index (χ1) is 8.20. The fourth-order valence-electron chi connectivity index (χ4n) is 1.59. The fourth-order valence-corrected chi connectivity index (χ4v) is 1.59. The quantitative estimate of drug-likeness (QED) is 0.859. The van der Waals surface area contributed by atoms with Gasteiger partial charge >= 0.3 is 0 Å². The van der Waals surface area contributed by atoms with Gasteiger partial charge in [-0.15, -0.1) is 10.2 Å². The van der Waals surface area contributed by atoms with E-state index in [9.17, 15) is 0 Å². The summed E-state index contributed by atoms with van der Waals surface area (Å²) in [7, 11) is 1.89. The summed E-state index contributed by atoms with van der Waals surface area (Å²) in [6, 6.07) is 5.98. The lowest BCUT2D eigenvalue weighted by Gasteiger charge is -2.10. The summed E-state index contributed by atoms with van der Waals surface area (Å²) in [6.45, 7) is 2.90. The van der Waals surface area contributed by atoms with Crippen LogP contribution < -0.4 is 10.5 Å². The molecule has 5 nitrogen and oxygen atoms in total. The summed E-state index contributed by atoms with van der Waals surface area (Å²) in [6.07, 6.45) is 1.65. The highest BCUT2D eigenvalue weighted by Gasteiger charge is 2.05. The predicted octanol–water partition coefficient (Wildman–Crippen LogP) is 1.16. The van der Waals surface area contributed by atoms with Crippen LogP contribution in [0.5, 0.6) is 5.75 Å². The molecule has 0 saturated heterocycles. The van der Waals surface area contributed by atoms with Crippen LogP contribution in [0.1, 0.15) is 17.0 Å². The first kappa shape index (κ1) is 11.6. The van der Waals surface area contributed by atoms with Crippen molar-refractivity contribution in [2.75, 3.05) is 0 Å². The van der Waals surface area contributed by atoms with Crippen LogP contribution in [0.4, 0.5) is 0 Å². The van der Waals surface area contributed by atoms with E-state index < -0.39 is 0 Å². The lowest BCUT2D eigenvalue weighted by atomic mass is 10.1. The molecule has 2 rings (SSSR count). The lowest BCUT2D eigenvalue weighted by molar-refractivity contribution is 0.288. The molecular formula is C12H16N4O. The zero-order valence-corrected chi connectivity index (χ0v) is 10.1. The molecule has 0 atom stereocenters. The topological polar surface area (TPSA) is 66.0 Å². The molecule has 2 N–H and O–H groups in total. The second kappa shape index (κ2) is 4.97. The maximum absolute atomic E-state index is 5.70. The standard InChI is InChI=1S/C12H16N4O/c1-9-3-4-11(10(5-9)6-13)17-7-12-15-14-8-16(12)2/h3-5,8H,6-7,13H2,1-2H3. The SMILES string of the molecule is Cc1ccc(OCc2nncn2C)c(CN)c1. The summed E-state index contributed by atoms with van der Waals surface area (Å²) in [4.78, 5) is 0. The van der Waals surface area contributed by atoms with Gasteiger partial charge in [0.05, 0.1) is 0 Å². The minimum atomic E-state index is 0.395. The Morgan fingerprint density at radius 3 is 2.88 bits per heavy atom. The lowest BCUT2D eigenvalue weighted by Crippen LogP contribution is -2.06. The van der Waals surface area contributed by atoms with E-state index in [2.05, 4.69) is 10.2 Å². The molecular weight excluding hydrogens is 216 g/mol. The molecule has 0 saturated carbocycles. The second-order valence-corrected chi connectivity index (χ2v) is 3.96. The second-order valence-electron chi connectivity index (χ2n) is 3.96. The van der Waals surface area contributed by atoms with Gasteiger partial charge in [-0.25, -0.2) is 0 Å². The molecule has 2 aromatic rings. The monoisotopic (exact) mass is 232 g/mol. The van der Waals surface area contributed by atoms with Crippen LogP contribution in [0.3, 0.4) is 0 Å². The van der Waals surface area contributed by atoms with Gasteiger partial charge in [0.25, 0.3) is 0 Å². The van der Waals surface area contributed by atoms with Gasteiger partial charge < -0.3 is 15.0 Å². The number of benzene rings is 1. The number of aromatic nitrogens is 3. The van der Waals surface area contributed by atoms with Crippen LogP contribution in [-0.2, 0) is 20.2 Å². The summed E-state index contributed by atoms with van der Waals surface area (Å²) in [5.41, 5.74) is 7.87. The molecule has 0 amide bonds. The maximum atomic E-state index is 5.70. The Bertz CT molecular complexity index is 507. The number of nitrogens with zero attached hydrogens (tertiary/aromatic N) is 3. The van der Waals surface area contributed by atoms with Crippen LogP contribution in [0.15, 0.2) is 24.5 Å². The van der Waals surface area contributed by atoms with Gasteiger partial charge in [-0.05, 0) is 13.0 Å². The van der Waals surface area contributed by atoms with E-state index in [1.807, 2.05) is 36.7 Å². The van der Waals surface area contributed by atoms with Gasteiger partial charge in [0.2, 0.25) is 0 Å². The molecule has 0 aliphatic rings. The number of hydrogen-bond donors (Lipinski definition) is 1. The minimum Gasteiger partial charge on any atom is -0.485 e. The summed E-state index contributed by atoms with van der Waals surface area (Å²) >= 11 is 0. The Labute approximate surface area is 100 Å². The number of ether oxygens (including phenoxy) is 1. The summed E-state index contributed by atoms with van der Waals surface area (Å²) in [5, 5.41) is 7.76. The van der Waals surface area contributed by atoms with E-state index in [4.69, 9.17) is 10.5 Å². The molecule has 5 heteroatoms. The van der Waals surface area contributed by atoms with Crippen LogP contribution >= 0.6 is 0 Å². The van der Waals surface area contributed by atoms with Crippen LogP contribution in [0, 0.1) is 6.92 Å². The molecule has 0 aliphatic carbocycles. The van der Waals surface area contributed by atoms with Crippen molar-refractivity contribution in [2.45, 2.75) is 20.1 Å². The van der Waals surface area contributed by atoms with Gasteiger partial charge in [0.15, 0.2) is 5.82 Å². The van der Waals surface area contributed by atoms with E-state index >= 15 is 0 Å². The van der Waals surface area contributed by atoms with E-state index in [1.165, 1.54) is 5.56 Å². The van der Waals surface area contributed by atoms with E-state index in [0.29, 0.717) is 13.2 Å². The van der Waals surface area contributed by atoms with Crippen molar-refractivity contribution in [3.63, 3.8) is 0 Å². The Hall–Kier alpha value is -1.88. The van der Waals surface area contributed by atoms with Crippen LogP contribution in [0.2, 0.25) is 0 Å². The average molecular weight is 232 g/mol. The van der Waals surface area contributed by atoms with E-state index in [1.54, 1.807) is 6.33 Å². The van der Waals surface area contributed by atoms with Crippen molar-refractivity contribution >= 4 is 0 Å². The molecule has 0 fully saturated rings. The Balaban J connectivity index is 2.11. The summed E-state index contributed by atoms with van der Waals surface area (Å²) < 4.78 is 7.53. The fraction of sp³-hybridized carbons (Fsp3) is 0.333. The van der Waals surface area contributed by atoms with Crippen molar-refractivity contribution in [2.24, 2.45) is 12.8 Å². The van der Waals surface area contributed by atoms with Gasteiger partial charge in [-0.3, -0.25) is 0 Å². The summed E-state index contributed by atoms with van der Waals surface area (Å²) in [5.74, 6) is 1.59. The van der Waals surface area contributed by atoms with Crippen LogP contribution in [0.25, 0.3) is 0 Å². The first-order valence-corrected chi connectivity index (χ1v) is 5.46. The van der Waals surface area contributed by atoms with Gasteiger partial charge in [-0.2, -0.15) is 0 Å². The molecule has 0 bridgehead atoms. The number of nitrogens with two attached hydrogens (primary N) is 1. The maximum Gasteiger partial charge on any atom is 0.170 e. The average Bonchev–Trinajstić information content (AvgIpc) is 2.73. The number of aryl methyl sites for hydroxylation is 2. The van der Waals surface area contributed by atoms with Gasteiger partial charge in [0, 0.05) is 19.2 Å². The first-order valence-electron chi connectivity index (χ1n) is 5.46. The van der Waals surface area contributed by atoms with Crippen molar-refractivity contribution in [1.29, 1.82) is 0 Å². The molecule has 0 unspecified atom stereocenters. The molecule has 17 heavy (non-hydrogen) atoms. The predicted molar refractivity (Wildman–Crippen MR) is 64.4 cm³/mol. The molecule has 0 aliphatic heterocycles. The van der Waals surface area contributed by atoms with Crippen molar-refractivity contribution in [1.82, 2.24) is 14.8 Å². The highest BCUT2D eigenvalue weighted by molar-refractivity contribution is 5.36. The largest absolute Gasteiger partial charge is 0.485 e. The highest BCUT2D eigenvalue weighted by atomic mass is 16.5. The molecule has 90 valence electrons. The third-order valence-electron chi connectivity index (χ3n) is 2.60. The Morgan fingerprint density at radius 1 is 1.41 bits per heavy atom. The molecule has 1 heterocycles. The Morgan fingerprint density at radius 2 is 2.24 bits per heavy atom. The molecule has 0 spiro atoms. The van der Waals surface area contributed by atoms with Crippen molar-refractivity contribution in [3.8, 4) is 5.75 Å². The van der Waals surface area contributed by atoms with Gasteiger partial charge in [-0.1, -0.05) is 17.7 Å². The highest BCUT2D eigenvalue weighted by Crippen LogP contribution is 2.20. The van der Waals surface area contributed by atoms with Crippen molar-refractivity contribution < 1.29 is 4.74 Å². The minimum absolute atomic E-state index is 0.395. The van der Waals surface area contributed by atoms with Crippen LogP contribution in [-0.4, -0.2) is 14.8 Å². The van der Waals surface area contributed by atoms with E-state index in [0.717, 1.165) is 17.1 Å². The third-order valence-corrected chi connectivity index (χ3v) is 2.60. The zero-order chi connectivity index (χ0) is 12.3. The van der Waals surface area contributed by atoms with Gasteiger partial charge in [0.1, 0.15) is 18.7 Å². The van der Waals surface area contributed by atoms with E-state index in [-0.39, 0.29) is 0 Å². The molecule has 0 radical (unpaired) electrons. The smallest absolute Gasteiger partial charge is 0.170 e. The third kappa shape index (κ3) is 2.62. The number of hydrogen-bond acceptors (Lipinski definition) is 4. The van der Waals surface area contributed by atoms with Crippen molar-refractivity contribution in [3.05, 3.63) is 41.5 Å². The zero-order valence-electron chi connectivity index (χ0n) is 10.1. The number of rotatable bonds is 4. The normalized spacial score (nSPS) is 10.5. The molecule has 1 aromatic heterocycles. The Kier molecular flexibility index (Phi) is 3.39.